The maximum atomic E-state index is 11.2. The van der Waals surface area contributed by atoms with Gasteiger partial charge in [-0.2, -0.15) is 0 Å². The summed E-state index contributed by atoms with van der Waals surface area (Å²) in [7, 11) is 0. The van der Waals surface area contributed by atoms with Crippen LogP contribution in [0.15, 0.2) is 12.3 Å². The first-order valence-corrected chi connectivity index (χ1v) is 4.59. The largest absolute Gasteiger partial charge is 0.431 e. The predicted molar refractivity (Wildman–Crippen MR) is 45.2 cm³/mol. The first-order valence-electron chi connectivity index (χ1n) is 4.59. The van der Waals surface area contributed by atoms with Crippen LogP contribution in [-0.4, -0.2) is 5.97 Å². The summed E-state index contributed by atoms with van der Waals surface area (Å²) in [5, 5.41) is 0. The third-order valence-corrected chi connectivity index (χ3v) is 3.06. The van der Waals surface area contributed by atoms with Crippen molar-refractivity contribution >= 4 is 5.97 Å². The van der Waals surface area contributed by atoms with Crippen molar-refractivity contribution in [3.05, 3.63) is 12.3 Å². The Kier molecular flexibility index (Phi) is 1.71. The lowest BCUT2D eigenvalue weighted by Gasteiger charge is -2.25. The average Bonchev–Trinajstić information content (AvgIpc) is 2.28. The summed E-state index contributed by atoms with van der Waals surface area (Å²) in [6, 6.07) is 0. The Morgan fingerprint density at radius 3 is 2.92 bits per heavy atom. The Bertz CT molecular complexity index is 232. The van der Waals surface area contributed by atoms with Gasteiger partial charge in [0.2, 0.25) is 0 Å². The molecule has 66 valence electrons. The molecule has 0 aromatic rings. The molecule has 0 N–H and O–H groups in total. The topological polar surface area (TPSA) is 26.3 Å². The fraction of sp³-hybridized carbons (Fsp3) is 0.700. The average molecular weight is 166 g/mol. The molecule has 1 saturated heterocycles. The highest BCUT2D eigenvalue weighted by molar-refractivity contribution is 5.77. The Morgan fingerprint density at radius 2 is 2.17 bits per heavy atom. The smallest absolute Gasteiger partial charge is 0.314 e. The first kappa shape index (κ1) is 7.84. The summed E-state index contributed by atoms with van der Waals surface area (Å²) in [5.41, 5.74) is 0. The number of cyclic esters (lactones) is 1. The number of hydrogen-bond donors (Lipinski definition) is 0. The number of fused-ring (bicyclic) bond motifs is 1. The van der Waals surface area contributed by atoms with Gasteiger partial charge >= 0.3 is 5.97 Å². The van der Waals surface area contributed by atoms with Gasteiger partial charge in [-0.3, -0.25) is 4.79 Å². The van der Waals surface area contributed by atoms with Gasteiger partial charge in [-0.05, 0) is 25.2 Å². The van der Waals surface area contributed by atoms with Crippen LogP contribution in [0.4, 0.5) is 0 Å². The van der Waals surface area contributed by atoms with Crippen molar-refractivity contribution in [2.45, 2.75) is 26.2 Å². The minimum absolute atomic E-state index is 0.0445. The van der Waals surface area contributed by atoms with Gasteiger partial charge in [-0.25, -0.2) is 0 Å². The fourth-order valence-electron chi connectivity index (χ4n) is 2.30. The second-order valence-corrected chi connectivity index (χ2v) is 4.02. The molecule has 0 spiro atoms. The zero-order chi connectivity index (χ0) is 8.72. The van der Waals surface area contributed by atoms with Gasteiger partial charge in [0.1, 0.15) is 5.76 Å². The summed E-state index contributed by atoms with van der Waals surface area (Å²) in [6.07, 6.45) is 3.22. The highest BCUT2D eigenvalue weighted by Gasteiger charge is 2.42. The number of ether oxygens (including phenoxy) is 1. The number of carbonyl (C=O) groups excluding carboxylic acids is 1. The Balaban J connectivity index is 2.17. The molecule has 3 atom stereocenters. The van der Waals surface area contributed by atoms with E-state index in [2.05, 4.69) is 13.5 Å². The van der Waals surface area contributed by atoms with Crippen LogP contribution in [0.1, 0.15) is 26.2 Å². The summed E-state index contributed by atoms with van der Waals surface area (Å²) >= 11 is 0. The van der Waals surface area contributed by atoms with E-state index in [0.29, 0.717) is 11.7 Å². The van der Waals surface area contributed by atoms with Gasteiger partial charge < -0.3 is 4.74 Å². The van der Waals surface area contributed by atoms with Crippen LogP contribution in [0, 0.1) is 17.8 Å². The molecule has 0 unspecified atom stereocenters. The minimum Gasteiger partial charge on any atom is -0.431 e. The standard InChI is InChI=1S/C10H14O2/c1-6-3-4-8-9(5-6)7(2)12-10(8)11/h6,8-9H,2-5H2,1H3/t6-,8+,9+/m0/s1. The zero-order valence-electron chi connectivity index (χ0n) is 7.38. The number of allylic oxidation sites excluding steroid dienone is 1. The van der Waals surface area contributed by atoms with Crippen molar-refractivity contribution < 1.29 is 9.53 Å². The van der Waals surface area contributed by atoms with Crippen molar-refractivity contribution in [3.63, 3.8) is 0 Å². The Hall–Kier alpha value is -0.790. The molecule has 2 fully saturated rings. The number of esters is 1. The van der Waals surface area contributed by atoms with Gasteiger partial charge in [0, 0.05) is 5.92 Å². The third-order valence-electron chi connectivity index (χ3n) is 3.06. The van der Waals surface area contributed by atoms with Gasteiger partial charge in [-0.15, -0.1) is 0 Å². The summed E-state index contributed by atoms with van der Waals surface area (Å²) in [6.45, 7) is 6.01. The van der Waals surface area contributed by atoms with E-state index in [-0.39, 0.29) is 11.9 Å². The highest BCUT2D eigenvalue weighted by atomic mass is 16.5. The molecule has 0 aromatic heterocycles. The lowest BCUT2D eigenvalue weighted by molar-refractivity contribution is -0.139. The maximum Gasteiger partial charge on any atom is 0.314 e. The van der Waals surface area contributed by atoms with Crippen molar-refractivity contribution in [1.82, 2.24) is 0 Å². The molecule has 1 saturated carbocycles. The first-order chi connectivity index (χ1) is 5.68. The van der Waals surface area contributed by atoms with Crippen LogP contribution in [0.25, 0.3) is 0 Å². The lowest BCUT2D eigenvalue weighted by atomic mass is 9.75. The summed E-state index contributed by atoms with van der Waals surface area (Å²) in [5.74, 6) is 1.83. The molecule has 0 bridgehead atoms. The highest BCUT2D eigenvalue weighted by Crippen LogP contribution is 2.43. The van der Waals surface area contributed by atoms with Crippen LogP contribution in [-0.2, 0) is 9.53 Å². The van der Waals surface area contributed by atoms with Gasteiger partial charge in [0.05, 0.1) is 5.92 Å². The second kappa shape index (κ2) is 2.61. The monoisotopic (exact) mass is 166 g/mol. The molecule has 0 radical (unpaired) electrons. The molecule has 2 heteroatoms. The van der Waals surface area contributed by atoms with Gasteiger partial charge in [0.15, 0.2) is 0 Å². The van der Waals surface area contributed by atoms with Crippen LogP contribution in [0.2, 0.25) is 0 Å². The Labute approximate surface area is 72.6 Å². The van der Waals surface area contributed by atoms with Crippen molar-refractivity contribution in [2.24, 2.45) is 17.8 Å². The van der Waals surface area contributed by atoms with E-state index in [1.807, 2.05) is 0 Å². The number of carbonyl (C=O) groups is 1. The molecule has 0 aromatic carbocycles. The van der Waals surface area contributed by atoms with E-state index < -0.39 is 0 Å². The summed E-state index contributed by atoms with van der Waals surface area (Å²) in [4.78, 5) is 11.2. The van der Waals surface area contributed by atoms with E-state index in [1.165, 1.54) is 0 Å². The predicted octanol–water partition coefficient (Wildman–Crippen LogP) is 2.11. The van der Waals surface area contributed by atoms with Crippen molar-refractivity contribution in [1.29, 1.82) is 0 Å². The Morgan fingerprint density at radius 1 is 1.42 bits per heavy atom. The van der Waals surface area contributed by atoms with E-state index in [4.69, 9.17) is 4.74 Å². The van der Waals surface area contributed by atoms with E-state index in [9.17, 15) is 4.79 Å². The molecule has 12 heavy (non-hydrogen) atoms. The summed E-state index contributed by atoms with van der Waals surface area (Å²) < 4.78 is 5.02. The molecule has 2 rings (SSSR count). The van der Waals surface area contributed by atoms with E-state index >= 15 is 0 Å². The second-order valence-electron chi connectivity index (χ2n) is 4.02. The molecule has 1 aliphatic heterocycles. The van der Waals surface area contributed by atoms with Crippen molar-refractivity contribution in [3.8, 4) is 0 Å². The number of rotatable bonds is 0. The molecule has 2 aliphatic rings. The van der Waals surface area contributed by atoms with Crippen LogP contribution in [0.5, 0.6) is 0 Å². The third kappa shape index (κ3) is 1.06. The minimum atomic E-state index is -0.0445. The molecular formula is C10H14O2. The molecule has 0 amide bonds. The normalized spacial score (nSPS) is 40.9. The van der Waals surface area contributed by atoms with Crippen LogP contribution < -0.4 is 0 Å². The zero-order valence-corrected chi connectivity index (χ0v) is 7.38. The quantitative estimate of drug-likeness (QED) is 0.515. The molecule has 1 heterocycles. The van der Waals surface area contributed by atoms with Gasteiger partial charge in [-0.1, -0.05) is 13.5 Å². The number of hydrogen-bond acceptors (Lipinski definition) is 2. The van der Waals surface area contributed by atoms with Gasteiger partial charge in [0.25, 0.3) is 0 Å². The SMILES string of the molecule is C=C1OC(=O)[C@@H]2CC[C@H](C)C[C@H]12. The molecule has 2 nitrogen and oxygen atoms in total. The lowest BCUT2D eigenvalue weighted by Crippen LogP contribution is -2.23. The van der Waals surface area contributed by atoms with Crippen molar-refractivity contribution in [2.75, 3.05) is 0 Å². The maximum absolute atomic E-state index is 11.2. The molecule has 1 aliphatic carbocycles. The van der Waals surface area contributed by atoms with Crippen LogP contribution >= 0.6 is 0 Å². The van der Waals surface area contributed by atoms with Crippen LogP contribution in [0.3, 0.4) is 0 Å². The van der Waals surface area contributed by atoms with E-state index in [1.54, 1.807) is 0 Å². The molecular weight excluding hydrogens is 152 g/mol. The van der Waals surface area contributed by atoms with E-state index in [0.717, 1.165) is 25.2 Å². The fourth-order valence-corrected chi connectivity index (χ4v) is 2.30.